The van der Waals surface area contributed by atoms with Crippen LogP contribution in [-0.2, 0) is 14.2 Å². The Morgan fingerprint density at radius 2 is 1.36 bits per heavy atom. The van der Waals surface area contributed by atoms with Crippen LogP contribution in [0.4, 0.5) is 0 Å². The van der Waals surface area contributed by atoms with Gasteiger partial charge in [0.2, 0.25) is 0 Å². The molecule has 0 aliphatic heterocycles. The standard InChI is InChI=1S/C18H36O3S/c1-6-11-12-13-14-15-16-17(22-10-5)18(19-7-2,20-8-3)21-9-4/h10,17H,5-9,11-16H2,1-4H3. The first-order chi connectivity index (χ1) is 10.7. The lowest BCUT2D eigenvalue weighted by Gasteiger charge is -2.38. The minimum Gasteiger partial charge on any atom is -0.327 e. The van der Waals surface area contributed by atoms with Crippen molar-refractivity contribution in [3.63, 3.8) is 0 Å². The van der Waals surface area contributed by atoms with Crippen LogP contribution >= 0.6 is 11.8 Å². The molecular formula is C18H36O3S. The number of rotatable bonds is 16. The highest BCUT2D eigenvalue weighted by Gasteiger charge is 2.41. The average Bonchev–Trinajstić information content (AvgIpc) is 2.50. The Hall–Kier alpha value is -0.0300. The first-order valence-electron chi connectivity index (χ1n) is 8.88. The van der Waals surface area contributed by atoms with Gasteiger partial charge in [0.15, 0.2) is 0 Å². The van der Waals surface area contributed by atoms with Crippen LogP contribution in [0.2, 0.25) is 0 Å². The van der Waals surface area contributed by atoms with E-state index in [9.17, 15) is 0 Å². The van der Waals surface area contributed by atoms with E-state index in [2.05, 4.69) is 13.5 Å². The van der Waals surface area contributed by atoms with Gasteiger partial charge in [-0.25, -0.2) is 0 Å². The highest BCUT2D eigenvalue weighted by atomic mass is 32.2. The SMILES string of the molecule is C=CSC(CCCCCCCC)C(OCC)(OCC)OCC. The molecule has 1 unspecified atom stereocenters. The first-order valence-corrected chi connectivity index (χ1v) is 9.83. The van der Waals surface area contributed by atoms with E-state index in [1.807, 2.05) is 26.2 Å². The van der Waals surface area contributed by atoms with Crippen molar-refractivity contribution in [1.82, 2.24) is 0 Å². The summed E-state index contributed by atoms with van der Waals surface area (Å²) in [4.78, 5) is 0. The third-order valence-electron chi connectivity index (χ3n) is 3.51. The van der Waals surface area contributed by atoms with Crippen LogP contribution in [0.15, 0.2) is 12.0 Å². The zero-order valence-corrected chi connectivity index (χ0v) is 15.9. The molecule has 0 saturated heterocycles. The van der Waals surface area contributed by atoms with Crippen molar-refractivity contribution in [1.29, 1.82) is 0 Å². The predicted molar refractivity (Wildman–Crippen MR) is 97.2 cm³/mol. The Balaban J connectivity index is 4.62. The second kappa shape index (κ2) is 14.6. The molecule has 4 heteroatoms. The van der Waals surface area contributed by atoms with E-state index in [1.54, 1.807) is 11.8 Å². The van der Waals surface area contributed by atoms with Gasteiger partial charge in [0.05, 0.1) is 5.25 Å². The van der Waals surface area contributed by atoms with Crippen molar-refractivity contribution < 1.29 is 14.2 Å². The number of hydrogen-bond acceptors (Lipinski definition) is 4. The summed E-state index contributed by atoms with van der Waals surface area (Å²) in [5.41, 5.74) is 0. The fraction of sp³-hybridized carbons (Fsp3) is 0.889. The number of ether oxygens (including phenoxy) is 3. The normalized spacial score (nSPS) is 13.3. The van der Waals surface area contributed by atoms with Crippen LogP contribution in [-0.4, -0.2) is 31.0 Å². The molecule has 22 heavy (non-hydrogen) atoms. The number of hydrogen-bond donors (Lipinski definition) is 0. The molecule has 1 atom stereocenters. The first kappa shape index (κ1) is 22.0. The molecule has 0 heterocycles. The maximum absolute atomic E-state index is 5.91. The van der Waals surface area contributed by atoms with Gasteiger partial charge in [-0.1, -0.05) is 52.0 Å². The van der Waals surface area contributed by atoms with Crippen LogP contribution in [0.5, 0.6) is 0 Å². The van der Waals surface area contributed by atoms with Gasteiger partial charge in [-0.2, -0.15) is 0 Å². The Labute approximate surface area is 142 Å². The molecule has 0 spiro atoms. The number of unbranched alkanes of at least 4 members (excludes halogenated alkanes) is 5. The zero-order valence-electron chi connectivity index (χ0n) is 15.1. The molecule has 0 aliphatic carbocycles. The quantitative estimate of drug-likeness (QED) is 0.266. The van der Waals surface area contributed by atoms with E-state index in [0.29, 0.717) is 19.8 Å². The largest absolute Gasteiger partial charge is 0.327 e. The Kier molecular flexibility index (Phi) is 14.5. The maximum atomic E-state index is 5.91. The summed E-state index contributed by atoms with van der Waals surface area (Å²) < 4.78 is 17.7. The highest BCUT2D eigenvalue weighted by Crippen LogP contribution is 2.34. The van der Waals surface area contributed by atoms with Gasteiger partial charge in [0, 0.05) is 19.8 Å². The van der Waals surface area contributed by atoms with E-state index in [4.69, 9.17) is 14.2 Å². The lowest BCUT2D eigenvalue weighted by Crippen LogP contribution is -2.48. The Morgan fingerprint density at radius 1 is 0.864 bits per heavy atom. The fourth-order valence-electron chi connectivity index (χ4n) is 2.56. The topological polar surface area (TPSA) is 27.7 Å². The van der Waals surface area contributed by atoms with Crippen LogP contribution in [0, 0.1) is 0 Å². The van der Waals surface area contributed by atoms with Gasteiger partial charge >= 0.3 is 0 Å². The number of thioether (sulfide) groups is 1. The lowest BCUT2D eigenvalue weighted by molar-refractivity contribution is -0.376. The molecule has 0 rings (SSSR count). The Bertz CT molecular complexity index is 242. The second-order valence-electron chi connectivity index (χ2n) is 5.25. The third kappa shape index (κ3) is 8.56. The van der Waals surface area contributed by atoms with E-state index < -0.39 is 5.97 Å². The van der Waals surface area contributed by atoms with Gasteiger partial charge < -0.3 is 14.2 Å². The lowest BCUT2D eigenvalue weighted by atomic mass is 10.1. The van der Waals surface area contributed by atoms with Gasteiger partial charge in [0.1, 0.15) is 0 Å². The van der Waals surface area contributed by atoms with E-state index in [-0.39, 0.29) is 5.25 Å². The van der Waals surface area contributed by atoms with E-state index >= 15 is 0 Å². The summed E-state index contributed by atoms with van der Waals surface area (Å²) >= 11 is 1.66. The molecule has 0 radical (unpaired) electrons. The fourth-order valence-corrected chi connectivity index (χ4v) is 3.47. The molecule has 0 aromatic rings. The smallest absolute Gasteiger partial charge is 0.295 e. The molecular weight excluding hydrogens is 296 g/mol. The van der Waals surface area contributed by atoms with Crippen molar-refractivity contribution in [2.24, 2.45) is 0 Å². The van der Waals surface area contributed by atoms with Gasteiger partial charge in [-0.15, -0.1) is 11.8 Å². The van der Waals surface area contributed by atoms with Crippen molar-refractivity contribution in [3.8, 4) is 0 Å². The van der Waals surface area contributed by atoms with Crippen LogP contribution in [0.1, 0.15) is 72.6 Å². The molecule has 0 bridgehead atoms. The average molecular weight is 333 g/mol. The summed E-state index contributed by atoms with van der Waals surface area (Å²) in [6, 6.07) is 0. The summed E-state index contributed by atoms with van der Waals surface area (Å²) in [5.74, 6) is -0.944. The molecule has 132 valence electrons. The predicted octanol–water partition coefficient (Wildman–Crippen LogP) is 5.75. The highest BCUT2D eigenvalue weighted by molar-refractivity contribution is 8.02. The van der Waals surface area contributed by atoms with Crippen molar-refractivity contribution >= 4 is 11.8 Å². The molecule has 0 aliphatic rings. The summed E-state index contributed by atoms with van der Waals surface area (Å²) in [5, 5.41) is 1.99. The summed E-state index contributed by atoms with van der Waals surface area (Å²) in [6.45, 7) is 13.8. The van der Waals surface area contributed by atoms with Crippen molar-refractivity contribution in [2.75, 3.05) is 19.8 Å². The van der Waals surface area contributed by atoms with E-state index in [0.717, 1.165) is 6.42 Å². The Morgan fingerprint density at radius 3 is 1.82 bits per heavy atom. The summed E-state index contributed by atoms with van der Waals surface area (Å²) in [7, 11) is 0. The molecule has 0 fully saturated rings. The van der Waals surface area contributed by atoms with Crippen LogP contribution in [0.3, 0.4) is 0 Å². The monoisotopic (exact) mass is 332 g/mol. The van der Waals surface area contributed by atoms with Crippen LogP contribution in [0.25, 0.3) is 0 Å². The molecule has 0 aromatic carbocycles. The van der Waals surface area contributed by atoms with Crippen molar-refractivity contribution in [3.05, 3.63) is 12.0 Å². The van der Waals surface area contributed by atoms with Gasteiger partial charge in [-0.05, 0) is 32.6 Å². The molecule has 0 N–H and O–H groups in total. The minimum atomic E-state index is -0.944. The molecule has 0 aromatic heterocycles. The van der Waals surface area contributed by atoms with Gasteiger partial charge in [0.25, 0.3) is 5.97 Å². The molecule has 0 amide bonds. The maximum Gasteiger partial charge on any atom is 0.295 e. The van der Waals surface area contributed by atoms with E-state index in [1.165, 1.54) is 38.5 Å². The van der Waals surface area contributed by atoms with Crippen molar-refractivity contribution in [2.45, 2.75) is 83.9 Å². The third-order valence-corrected chi connectivity index (χ3v) is 4.56. The molecule has 3 nitrogen and oxygen atoms in total. The summed E-state index contributed by atoms with van der Waals surface area (Å²) in [6.07, 6.45) is 8.72. The zero-order chi connectivity index (χ0) is 16.7. The second-order valence-corrected chi connectivity index (χ2v) is 6.42. The van der Waals surface area contributed by atoms with Crippen LogP contribution < -0.4 is 0 Å². The minimum absolute atomic E-state index is 0.121. The van der Waals surface area contributed by atoms with Gasteiger partial charge in [-0.3, -0.25) is 0 Å². The molecule has 0 saturated carbocycles.